The average Bonchev–Trinajstić information content (AvgIpc) is 4.03. The van der Waals surface area contributed by atoms with Crippen molar-refractivity contribution in [2.45, 2.75) is 128 Å². The molecule has 2 aliphatic heterocycles. The van der Waals surface area contributed by atoms with Gasteiger partial charge in [-0.2, -0.15) is 0 Å². The molecule has 0 amide bonds. The summed E-state index contributed by atoms with van der Waals surface area (Å²) in [4.78, 5) is 71.9. The lowest BCUT2D eigenvalue weighted by Gasteiger charge is -2.55. The summed E-state index contributed by atoms with van der Waals surface area (Å²) < 4.78 is 22.7. The molecule has 14 atom stereocenters. The molecular weight excluding hydrogens is 744 g/mol. The van der Waals surface area contributed by atoms with Crippen molar-refractivity contribution < 1.29 is 57.9 Å². The average molecular weight is 799 g/mol. The Hall–Kier alpha value is -3.84. The molecule has 310 valence electrons. The van der Waals surface area contributed by atoms with Crippen LogP contribution in [0.25, 0.3) is 0 Å². The lowest BCUT2D eigenvalue weighted by atomic mass is 9.47. The third-order valence-electron chi connectivity index (χ3n) is 17.2. The van der Waals surface area contributed by atoms with E-state index in [1.807, 2.05) is 13.0 Å². The van der Waals surface area contributed by atoms with Crippen LogP contribution in [0.5, 0.6) is 0 Å². The predicted octanol–water partition coefficient (Wildman–Crippen LogP) is 4.35. The number of hydrogen-bond donors (Lipinski definition) is 2. The van der Waals surface area contributed by atoms with Crippen molar-refractivity contribution in [2.75, 3.05) is 13.2 Å². The van der Waals surface area contributed by atoms with Crippen LogP contribution in [0.3, 0.4) is 0 Å². The van der Waals surface area contributed by atoms with Gasteiger partial charge in [0, 0.05) is 41.1 Å². The Labute approximate surface area is 338 Å². The van der Waals surface area contributed by atoms with Gasteiger partial charge < -0.3 is 29.2 Å². The first kappa shape index (κ1) is 39.6. The fourth-order valence-corrected chi connectivity index (χ4v) is 14.3. The van der Waals surface area contributed by atoms with Gasteiger partial charge in [-0.25, -0.2) is 0 Å². The zero-order valence-electron chi connectivity index (χ0n) is 34.1. The van der Waals surface area contributed by atoms with Crippen molar-refractivity contribution in [2.24, 2.45) is 45.3 Å². The summed E-state index contributed by atoms with van der Waals surface area (Å²) in [5, 5.41) is 22.4. The van der Waals surface area contributed by atoms with Crippen molar-refractivity contribution in [1.82, 2.24) is 0 Å². The monoisotopic (exact) mass is 798 g/mol. The number of allylic oxidation sites excluding steroid dienone is 5. The number of ether oxygens (including phenoxy) is 4. The predicted molar refractivity (Wildman–Crippen MR) is 205 cm³/mol. The van der Waals surface area contributed by atoms with Crippen LogP contribution in [0.4, 0.5) is 0 Å². The molecule has 0 aromatic carbocycles. The third kappa shape index (κ3) is 4.94. The number of esters is 2. The van der Waals surface area contributed by atoms with Crippen LogP contribution in [0.2, 0.25) is 0 Å². The van der Waals surface area contributed by atoms with Crippen LogP contribution in [0.1, 0.15) is 92.9 Å². The van der Waals surface area contributed by atoms with Crippen LogP contribution in [-0.4, -0.2) is 93.6 Å². The smallest absolute Gasteiger partial charge is 0.303 e. The topological polar surface area (TPSA) is 186 Å². The molecule has 0 bridgehead atoms. The van der Waals surface area contributed by atoms with Crippen molar-refractivity contribution in [3.63, 3.8) is 0 Å². The number of epoxide rings is 2. The fourth-order valence-electron chi connectivity index (χ4n) is 14.3. The lowest BCUT2D eigenvalue weighted by Crippen LogP contribution is -2.63. The van der Waals surface area contributed by atoms with Gasteiger partial charge in [0.15, 0.2) is 36.2 Å². The Bertz CT molecular complexity index is 2110. The zero-order chi connectivity index (χ0) is 41.6. The maximum atomic E-state index is 13.0. The van der Waals surface area contributed by atoms with Crippen LogP contribution >= 0.6 is 0 Å². The number of rotatable bonds is 6. The molecule has 0 radical (unpaired) electrons. The van der Waals surface area contributed by atoms with Crippen LogP contribution in [0, 0.1) is 45.3 Å². The Balaban J connectivity index is 0.000000151. The molecule has 7 fully saturated rings. The van der Waals surface area contributed by atoms with Crippen LogP contribution in [-0.2, 0) is 47.7 Å². The van der Waals surface area contributed by atoms with Gasteiger partial charge in [0.2, 0.25) is 5.78 Å². The second-order valence-electron chi connectivity index (χ2n) is 19.5. The summed E-state index contributed by atoms with van der Waals surface area (Å²) in [5.41, 5.74) is -1.38. The number of carbonyl (C=O) groups excluding carboxylic acids is 6. The van der Waals surface area contributed by atoms with Crippen molar-refractivity contribution in [3.05, 3.63) is 59.3 Å². The normalized spacial score (nSPS) is 47.9. The quantitative estimate of drug-likeness (QED) is 0.286. The number of Topliss-reactive ketones (excluding diaryl/α,β-unsaturated/α-hetero) is 2. The number of hydrogen-bond acceptors (Lipinski definition) is 12. The van der Waals surface area contributed by atoms with E-state index in [1.54, 1.807) is 24.3 Å². The minimum atomic E-state index is -1.99. The summed E-state index contributed by atoms with van der Waals surface area (Å²) in [7, 11) is 0. The molecule has 8 unspecified atom stereocenters. The summed E-state index contributed by atoms with van der Waals surface area (Å²) in [6.07, 6.45) is 17.4. The maximum absolute atomic E-state index is 13.0. The van der Waals surface area contributed by atoms with E-state index in [0.29, 0.717) is 24.7 Å². The van der Waals surface area contributed by atoms with E-state index in [9.17, 15) is 39.0 Å². The molecule has 0 aromatic rings. The molecule has 12 heteroatoms. The highest BCUT2D eigenvalue weighted by Gasteiger charge is 2.83. The van der Waals surface area contributed by atoms with E-state index >= 15 is 0 Å². The highest BCUT2D eigenvalue weighted by molar-refractivity contribution is 6.02. The van der Waals surface area contributed by atoms with Crippen LogP contribution in [0.15, 0.2) is 59.3 Å². The molecule has 10 rings (SSSR count). The number of ketones is 4. The molecule has 2 N–H and O–H groups in total. The van der Waals surface area contributed by atoms with Gasteiger partial charge in [0.1, 0.15) is 11.2 Å². The van der Waals surface area contributed by atoms with Gasteiger partial charge in [0.05, 0.1) is 18.3 Å². The first-order chi connectivity index (χ1) is 27.2. The first-order valence-electron chi connectivity index (χ1n) is 20.9. The SMILES string of the molecule is CC(=O)OCC(=O)C1=CCC2C3CCC4=CC(=O)C=C[C@]4(C)C34OC4C[C@]12C.CC(=O)OCC(=O)[C@@]1(O)[C@H](O)CC2C3CCC4=CC(=O)C=C[C@]4(C)C34OC4C[C@@]21C. The second-order valence-corrected chi connectivity index (χ2v) is 19.5. The Morgan fingerprint density at radius 1 is 0.759 bits per heavy atom. The van der Waals surface area contributed by atoms with Crippen LogP contribution < -0.4 is 0 Å². The van der Waals surface area contributed by atoms with Crippen molar-refractivity contribution in [1.29, 1.82) is 0 Å². The summed E-state index contributed by atoms with van der Waals surface area (Å²) in [6, 6.07) is 0. The number of aliphatic hydroxyl groups is 2. The van der Waals surface area contributed by atoms with E-state index in [1.165, 1.54) is 19.4 Å². The lowest BCUT2D eigenvalue weighted by molar-refractivity contribution is -0.177. The first-order valence-corrected chi connectivity index (χ1v) is 20.9. The Morgan fingerprint density at radius 2 is 1.28 bits per heavy atom. The van der Waals surface area contributed by atoms with E-state index < -0.39 is 52.5 Å². The molecule has 5 saturated carbocycles. The molecule has 2 heterocycles. The summed E-state index contributed by atoms with van der Waals surface area (Å²) >= 11 is 0. The molecule has 8 aliphatic carbocycles. The molecule has 10 aliphatic rings. The molecular formula is C46H54O12. The number of carbonyl (C=O) groups is 6. The molecule has 2 saturated heterocycles. The van der Waals surface area contributed by atoms with Gasteiger partial charge in [-0.05, 0) is 113 Å². The fraction of sp³-hybridized carbons (Fsp3) is 0.652. The largest absolute Gasteiger partial charge is 0.458 e. The minimum absolute atomic E-state index is 0.00287. The molecule has 58 heavy (non-hydrogen) atoms. The Morgan fingerprint density at radius 3 is 1.83 bits per heavy atom. The third-order valence-corrected chi connectivity index (χ3v) is 17.2. The van der Waals surface area contributed by atoms with Gasteiger partial charge in [-0.1, -0.05) is 43.2 Å². The van der Waals surface area contributed by atoms with Gasteiger partial charge in [0.25, 0.3) is 0 Å². The van der Waals surface area contributed by atoms with E-state index in [0.717, 1.165) is 49.7 Å². The van der Waals surface area contributed by atoms with Gasteiger partial charge >= 0.3 is 11.9 Å². The van der Waals surface area contributed by atoms with Gasteiger partial charge in [-0.3, -0.25) is 28.8 Å². The van der Waals surface area contributed by atoms with Crippen molar-refractivity contribution >= 4 is 35.1 Å². The van der Waals surface area contributed by atoms with E-state index in [-0.39, 0.29) is 64.4 Å². The molecule has 12 nitrogen and oxygen atoms in total. The second kappa shape index (κ2) is 12.6. The van der Waals surface area contributed by atoms with Crippen molar-refractivity contribution in [3.8, 4) is 0 Å². The van der Waals surface area contributed by atoms with Gasteiger partial charge in [-0.15, -0.1) is 0 Å². The minimum Gasteiger partial charge on any atom is -0.458 e. The summed E-state index contributed by atoms with van der Waals surface area (Å²) in [6.45, 7) is 10.2. The number of aliphatic hydroxyl groups excluding tert-OH is 1. The summed E-state index contributed by atoms with van der Waals surface area (Å²) in [5.74, 6) is -1.09. The maximum Gasteiger partial charge on any atom is 0.303 e. The Kier molecular flexibility index (Phi) is 8.60. The van der Waals surface area contributed by atoms with E-state index in [2.05, 4.69) is 32.9 Å². The van der Waals surface area contributed by atoms with E-state index in [4.69, 9.17) is 18.9 Å². The number of fused-ring (bicyclic) bond motifs is 6. The zero-order valence-corrected chi connectivity index (χ0v) is 34.1. The highest BCUT2D eigenvalue weighted by Crippen LogP contribution is 2.77. The molecule has 2 spiro atoms. The standard InChI is InChI=1S/C23H28O7.C23H26O5/c1-12(24)29-11-18(27)22(28)17(26)9-16-15-5-4-13-8-14(25)6-7-20(13,2)23(15)19(30-23)10-21(16,22)3;1-13(24)27-12-19(26)18-7-6-16-17-5-4-14-10-15(25)8-9-22(14,3)23(17)20(28-23)11-21(16,18)2/h6-8,15-17,19,26,28H,4-5,9-11H2,1-3H3;7-10,16-17,20H,4-6,11-12H2,1-3H3/t15?,16?,17-,19?,20+,21+,22+,23?;16?,17?,20?,21-,22-,23?/m10/s1. The highest BCUT2D eigenvalue weighted by atomic mass is 16.6. The molecule has 0 aromatic heterocycles.